The van der Waals surface area contributed by atoms with Crippen LogP contribution in [-0.4, -0.2) is 13.1 Å². The van der Waals surface area contributed by atoms with E-state index in [9.17, 15) is 4.79 Å². The van der Waals surface area contributed by atoms with Crippen molar-refractivity contribution in [2.45, 2.75) is 6.92 Å². The zero-order chi connectivity index (χ0) is 17.4. The lowest BCUT2D eigenvalue weighted by molar-refractivity contribution is 0.0735. The fraction of sp³-hybridized carbons (Fsp3) is 0.0952. The third-order valence-electron chi connectivity index (χ3n) is 4.19. The second-order valence-electron chi connectivity index (χ2n) is 5.83. The highest BCUT2D eigenvalue weighted by atomic mass is 16.5. The summed E-state index contributed by atoms with van der Waals surface area (Å²) in [6.07, 6.45) is 0. The molecule has 0 aliphatic heterocycles. The number of carbonyl (C=O) groups is 1. The number of esters is 1. The summed E-state index contributed by atoms with van der Waals surface area (Å²) in [7, 11) is 1.60. The van der Waals surface area contributed by atoms with E-state index < -0.39 is 5.97 Å². The van der Waals surface area contributed by atoms with E-state index in [0.717, 1.165) is 33.3 Å². The Kier molecular flexibility index (Phi) is 3.65. The molecule has 124 valence electrons. The maximum atomic E-state index is 12.4. The molecule has 0 bridgehead atoms. The van der Waals surface area contributed by atoms with E-state index in [2.05, 4.69) is 0 Å². The van der Waals surface area contributed by atoms with Crippen molar-refractivity contribution in [1.82, 2.24) is 0 Å². The second-order valence-corrected chi connectivity index (χ2v) is 5.83. The van der Waals surface area contributed by atoms with E-state index in [1.165, 1.54) is 0 Å². The maximum Gasteiger partial charge on any atom is 0.343 e. The number of benzene rings is 3. The number of para-hydroxylation sites is 1. The van der Waals surface area contributed by atoms with Crippen molar-refractivity contribution in [3.63, 3.8) is 0 Å². The van der Waals surface area contributed by atoms with Gasteiger partial charge in [0.1, 0.15) is 22.7 Å². The average molecular weight is 332 g/mol. The maximum absolute atomic E-state index is 12.4. The standard InChI is InChI=1S/C21H16O4/c1-13-11-14(7-9-18(13)23-2)21(22)24-15-8-10-20-17(12-15)16-5-3-4-6-19(16)25-20/h3-12H,1-2H3. The molecule has 0 aliphatic rings. The summed E-state index contributed by atoms with van der Waals surface area (Å²) in [4.78, 5) is 12.4. The minimum absolute atomic E-state index is 0.405. The van der Waals surface area contributed by atoms with Crippen LogP contribution in [0, 0.1) is 6.92 Å². The van der Waals surface area contributed by atoms with Gasteiger partial charge in [0, 0.05) is 10.8 Å². The summed E-state index contributed by atoms with van der Waals surface area (Å²) in [6.45, 7) is 1.89. The Morgan fingerprint density at radius 3 is 2.52 bits per heavy atom. The molecule has 0 N–H and O–H groups in total. The number of furan rings is 1. The Hall–Kier alpha value is -3.27. The van der Waals surface area contributed by atoms with Crippen LogP contribution in [0.1, 0.15) is 15.9 Å². The largest absolute Gasteiger partial charge is 0.496 e. The van der Waals surface area contributed by atoms with Gasteiger partial charge in [-0.3, -0.25) is 0 Å². The third kappa shape index (κ3) is 2.72. The Bertz CT molecular complexity index is 1090. The van der Waals surface area contributed by atoms with Gasteiger partial charge in [0.2, 0.25) is 0 Å². The van der Waals surface area contributed by atoms with Crippen LogP contribution in [0.25, 0.3) is 21.9 Å². The molecule has 4 heteroatoms. The molecule has 0 aliphatic carbocycles. The molecule has 4 rings (SSSR count). The van der Waals surface area contributed by atoms with Crippen LogP contribution in [-0.2, 0) is 0 Å². The summed E-state index contributed by atoms with van der Waals surface area (Å²) in [5.74, 6) is 0.818. The van der Waals surface area contributed by atoms with Crippen molar-refractivity contribution in [1.29, 1.82) is 0 Å². The second kappa shape index (κ2) is 5.98. The molecule has 3 aromatic carbocycles. The number of aryl methyl sites for hydroxylation is 1. The number of ether oxygens (including phenoxy) is 2. The van der Waals surface area contributed by atoms with Crippen LogP contribution in [0.3, 0.4) is 0 Å². The highest BCUT2D eigenvalue weighted by Gasteiger charge is 2.13. The Labute approximate surface area is 144 Å². The Morgan fingerprint density at radius 1 is 0.920 bits per heavy atom. The van der Waals surface area contributed by atoms with Gasteiger partial charge in [0.15, 0.2) is 0 Å². The topological polar surface area (TPSA) is 48.7 Å². The van der Waals surface area contributed by atoms with Crippen LogP contribution >= 0.6 is 0 Å². The molecule has 4 aromatic rings. The number of hydrogen-bond donors (Lipinski definition) is 0. The quantitative estimate of drug-likeness (QED) is 0.386. The molecule has 0 spiro atoms. The van der Waals surface area contributed by atoms with Crippen LogP contribution in [0.2, 0.25) is 0 Å². The Morgan fingerprint density at radius 2 is 1.72 bits per heavy atom. The zero-order valence-electron chi connectivity index (χ0n) is 13.9. The monoisotopic (exact) mass is 332 g/mol. The number of carbonyl (C=O) groups excluding carboxylic acids is 1. The molecule has 25 heavy (non-hydrogen) atoms. The molecule has 0 saturated heterocycles. The number of rotatable bonds is 3. The first-order chi connectivity index (χ1) is 12.2. The zero-order valence-corrected chi connectivity index (χ0v) is 13.9. The lowest BCUT2D eigenvalue weighted by atomic mass is 10.1. The van der Waals surface area contributed by atoms with Crippen molar-refractivity contribution < 1.29 is 18.7 Å². The first-order valence-electron chi connectivity index (χ1n) is 7.94. The van der Waals surface area contributed by atoms with Gasteiger partial charge in [-0.1, -0.05) is 18.2 Å². The van der Waals surface area contributed by atoms with Crippen molar-refractivity contribution in [2.24, 2.45) is 0 Å². The number of hydrogen-bond acceptors (Lipinski definition) is 4. The number of fused-ring (bicyclic) bond motifs is 3. The van der Waals surface area contributed by atoms with Gasteiger partial charge >= 0.3 is 5.97 Å². The third-order valence-corrected chi connectivity index (χ3v) is 4.19. The predicted octanol–water partition coefficient (Wildman–Crippen LogP) is 5.12. The number of methoxy groups -OCH3 is 1. The Balaban J connectivity index is 1.67. The molecule has 1 aromatic heterocycles. The first kappa shape index (κ1) is 15.3. The SMILES string of the molecule is COc1ccc(C(=O)Oc2ccc3oc4ccccc4c3c2)cc1C. The van der Waals surface area contributed by atoms with Gasteiger partial charge in [-0.2, -0.15) is 0 Å². The summed E-state index contributed by atoms with van der Waals surface area (Å²) in [5, 5.41) is 1.92. The van der Waals surface area contributed by atoms with Crippen LogP contribution in [0.5, 0.6) is 11.5 Å². The molecular weight excluding hydrogens is 316 g/mol. The molecular formula is C21H16O4. The van der Waals surface area contributed by atoms with Gasteiger partial charge in [-0.25, -0.2) is 4.79 Å². The first-order valence-corrected chi connectivity index (χ1v) is 7.94. The molecule has 0 atom stereocenters. The highest BCUT2D eigenvalue weighted by molar-refractivity contribution is 6.05. The molecule has 0 amide bonds. The van der Waals surface area contributed by atoms with E-state index in [1.54, 1.807) is 31.4 Å². The van der Waals surface area contributed by atoms with Crippen LogP contribution < -0.4 is 9.47 Å². The van der Waals surface area contributed by atoms with Gasteiger partial charge in [0.05, 0.1) is 12.7 Å². The smallest absolute Gasteiger partial charge is 0.343 e. The van der Waals surface area contributed by atoms with E-state index in [-0.39, 0.29) is 0 Å². The average Bonchev–Trinajstić information content (AvgIpc) is 2.99. The molecule has 1 heterocycles. The van der Waals surface area contributed by atoms with E-state index >= 15 is 0 Å². The van der Waals surface area contributed by atoms with Crippen molar-refractivity contribution >= 4 is 27.9 Å². The minimum Gasteiger partial charge on any atom is -0.496 e. The van der Waals surface area contributed by atoms with Gasteiger partial charge in [0.25, 0.3) is 0 Å². The predicted molar refractivity (Wildman–Crippen MR) is 96.4 cm³/mol. The van der Waals surface area contributed by atoms with E-state index in [4.69, 9.17) is 13.9 Å². The molecule has 0 fully saturated rings. The van der Waals surface area contributed by atoms with Crippen LogP contribution in [0.4, 0.5) is 0 Å². The molecule has 0 unspecified atom stereocenters. The van der Waals surface area contributed by atoms with Crippen molar-refractivity contribution in [3.8, 4) is 11.5 Å². The lowest BCUT2D eigenvalue weighted by Gasteiger charge is -2.08. The summed E-state index contributed by atoms with van der Waals surface area (Å²) in [6, 6.07) is 18.4. The van der Waals surface area contributed by atoms with Gasteiger partial charge in [-0.05, 0) is 55.0 Å². The van der Waals surface area contributed by atoms with Gasteiger partial charge < -0.3 is 13.9 Å². The van der Waals surface area contributed by atoms with E-state index in [1.807, 2.05) is 43.3 Å². The summed E-state index contributed by atoms with van der Waals surface area (Å²) >= 11 is 0. The summed E-state index contributed by atoms with van der Waals surface area (Å²) in [5.41, 5.74) is 2.94. The highest BCUT2D eigenvalue weighted by Crippen LogP contribution is 2.31. The van der Waals surface area contributed by atoms with E-state index in [0.29, 0.717) is 11.3 Å². The fourth-order valence-electron chi connectivity index (χ4n) is 2.94. The molecule has 4 nitrogen and oxygen atoms in total. The van der Waals surface area contributed by atoms with Crippen molar-refractivity contribution in [2.75, 3.05) is 7.11 Å². The lowest BCUT2D eigenvalue weighted by Crippen LogP contribution is -2.08. The molecule has 0 radical (unpaired) electrons. The van der Waals surface area contributed by atoms with Crippen molar-refractivity contribution in [3.05, 3.63) is 71.8 Å². The normalized spacial score (nSPS) is 11.0. The van der Waals surface area contributed by atoms with Gasteiger partial charge in [-0.15, -0.1) is 0 Å². The van der Waals surface area contributed by atoms with Crippen LogP contribution in [0.15, 0.2) is 65.1 Å². The summed E-state index contributed by atoms with van der Waals surface area (Å²) < 4.78 is 16.5. The minimum atomic E-state index is -0.405. The molecule has 0 saturated carbocycles. The fourth-order valence-corrected chi connectivity index (χ4v) is 2.94.